The molecule has 0 aliphatic heterocycles. The summed E-state index contributed by atoms with van der Waals surface area (Å²) in [6, 6.07) is 7.01. The summed E-state index contributed by atoms with van der Waals surface area (Å²) in [6.07, 6.45) is -0.768. The molecule has 0 spiro atoms. The SMILES string of the molecule is C[C@H](NC(=O)[C@@H](C)NC(=O)CNC(=O)OCc1ccccc1)C(=O)O. The molecule has 136 valence electrons. The number of hydrogen-bond donors (Lipinski definition) is 4. The molecule has 0 bridgehead atoms. The average Bonchev–Trinajstić information content (AvgIpc) is 2.58. The molecule has 0 aliphatic carbocycles. The maximum atomic E-state index is 11.7. The number of carbonyl (C=O) groups is 4. The van der Waals surface area contributed by atoms with Crippen molar-refractivity contribution in [2.75, 3.05) is 6.54 Å². The van der Waals surface area contributed by atoms with Crippen molar-refractivity contribution in [3.63, 3.8) is 0 Å². The van der Waals surface area contributed by atoms with Gasteiger partial charge in [-0.05, 0) is 19.4 Å². The van der Waals surface area contributed by atoms with Crippen LogP contribution in [0.2, 0.25) is 0 Å². The van der Waals surface area contributed by atoms with Gasteiger partial charge in [-0.25, -0.2) is 4.79 Å². The Balaban J connectivity index is 2.28. The largest absolute Gasteiger partial charge is 0.480 e. The Kier molecular flexibility index (Phi) is 7.91. The number of carbonyl (C=O) groups excluding carboxylic acids is 3. The lowest BCUT2D eigenvalue weighted by Crippen LogP contribution is -2.51. The van der Waals surface area contributed by atoms with Gasteiger partial charge in [0, 0.05) is 0 Å². The highest BCUT2D eigenvalue weighted by molar-refractivity contribution is 5.91. The highest BCUT2D eigenvalue weighted by atomic mass is 16.5. The Morgan fingerprint density at radius 2 is 1.68 bits per heavy atom. The monoisotopic (exact) mass is 351 g/mol. The first-order valence-corrected chi connectivity index (χ1v) is 7.56. The van der Waals surface area contributed by atoms with Crippen LogP contribution in [0.1, 0.15) is 19.4 Å². The van der Waals surface area contributed by atoms with E-state index in [2.05, 4.69) is 16.0 Å². The standard InChI is InChI=1S/C16H21N3O6/c1-10(14(21)19-11(2)15(22)23)18-13(20)8-17-16(24)25-9-12-6-4-3-5-7-12/h3-7,10-11H,8-9H2,1-2H3,(H,17,24)(H,18,20)(H,19,21)(H,22,23)/t10-,11+/m1/s1. The topological polar surface area (TPSA) is 134 Å². The maximum Gasteiger partial charge on any atom is 0.407 e. The summed E-state index contributed by atoms with van der Waals surface area (Å²) in [4.78, 5) is 45.5. The maximum absolute atomic E-state index is 11.7. The molecule has 4 N–H and O–H groups in total. The lowest BCUT2D eigenvalue weighted by atomic mass is 10.2. The number of amides is 3. The second-order valence-corrected chi connectivity index (χ2v) is 5.27. The minimum atomic E-state index is -1.19. The van der Waals surface area contributed by atoms with Crippen LogP contribution in [0.5, 0.6) is 0 Å². The minimum absolute atomic E-state index is 0.0696. The van der Waals surface area contributed by atoms with E-state index in [0.29, 0.717) is 0 Å². The summed E-state index contributed by atoms with van der Waals surface area (Å²) >= 11 is 0. The predicted molar refractivity (Wildman–Crippen MR) is 87.5 cm³/mol. The average molecular weight is 351 g/mol. The smallest absolute Gasteiger partial charge is 0.407 e. The van der Waals surface area contributed by atoms with Crippen LogP contribution in [-0.2, 0) is 25.7 Å². The summed E-state index contributed by atoms with van der Waals surface area (Å²) < 4.78 is 4.94. The van der Waals surface area contributed by atoms with Crippen LogP contribution in [-0.4, -0.2) is 47.6 Å². The van der Waals surface area contributed by atoms with Crippen LogP contribution >= 0.6 is 0 Å². The number of alkyl carbamates (subject to hydrolysis) is 1. The van der Waals surface area contributed by atoms with E-state index >= 15 is 0 Å². The quantitative estimate of drug-likeness (QED) is 0.521. The van der Waals surface area contributed by atoms with Crippen LogP contribution in [0.15, 0.2) is 30.3 Å². The fourth-order valence-electron chi connectivity index (χ4n) is 1.68. The van der Waals surface area contributed by atoms with Gasteiger partial charge in [-0.15, -0.1) is 0 Å². The molecule has 0 fully saturated rings. The molecule has 1 aromatic rings. The van der Waals surface area contributed by atoms with Gasteiger partial charge in [-0.2, -0.15) is 0 Å². The molecule has 9 heteroatoms. The third kappa shape index (κ3) is 7.82. The molecule has 0 radical (unpaired) electrons. The first kappa shape index (κ1) is 19.9. The molecule has 0 aliphatic rings. The van der Waals surface area contributed by atoms with Gasteiger partial charge in [0.05, 0.1) is 0 Å². The molecule has 0 saturated carbocycles. The van der Waals surface area contributed by atoms with Gasteiger partial charge in [0.2, 0.25) is 11.8 Å². The molecule has 1 aromatic carbocycles. The van der Waals surface area contributed by atoms with Crippen molar-refractivity contribution in [1.82, 2.24) is 16.0 Å². The van der Waals surface area contributed by atoms with Crippen LogP contribution < -0.4 is 16.0 Å². The lowest BCUT2D eigenvalue weighted by molar-refractivity contribution is -0.141. The van der Waals surface area contributed by atoms with E-state index in [1.807, 2.05) is 18.2 Å². The van der Waals surface area contributed by atoms with Crippen molar-refractivity contribution < 1.29 is 29.0 Å². The number of hydrogen-bond acceptors (Lipinski definition) is 5. The fourth-order valence-corrected chi connectivity index (χ4v) is 1.68. The zero-order chi connectivity index (χ0) is 18.8. The first-order valence-electron chi connectivity index (χ1n) is 7.56. The highest BCUT2D eigenvalue weighted by Gasteiger charge is 2.20. The first-order chi connectivity index (χ1) is 11.8. The summed E-state index contributed by atoms with van der Waals surface area (Å²) in [5, 5.41) is 15.5. The van der Waals surface area contributed by atoms with E-state index < -0.39 is 36.0 Å². The van der Waals surface area contributed by atoms with Crippen LogP contribution in [0, 0.1) is 0 Å². The van der Waals surface area contributed by atoms with Gasteiger partial charge in [0.1, 0.15) is 25.2 Å². The van der Waals surface area contributed by atoms with Crippen molar-refractivity contribution in [2.24, 2.45) is 0 Å². The number of nitrogens with one attached hydrogen (secondary N) is 3. The number of aliphatic carboxylic acids is 1. The number of carboxylic acid groups (broad SMARTS) is 1. The van der Waals surface area contributed by atoms with E-state index in [-0.39, 0.29) is 13.2 Å². The summed E-state index contributed by atoms with van der Waals surface area (Å²) in [5.74, 6) is -2.44. The van der Waals surface area contributed by atoms with Crippen molar-refractivity contribution in [2.45, 2.75) is 32.5 Å². The normalized spacial score (nSPS) is 12.4. The van der Waals surface area contributed by atoms with Gasteiger partial charge < -0.3 is 25.8 Å². The Labute approximate surface area is 144 Å². The lowest BCUT2D eigenvalue weighted by Gasteiger charge is -2.16. The number of benzene rings is 1. The van der Waals surface area contributed by atoms with E-state index in [1.165, 1.54) is 13.8 Å². The molecular weight excluding hydrogens is 330 g/mol. The molecule has 0 unspecified atom stereocenters. The predicted octanol–water partition coefficient (Wildman–Crippen LogP) is 0.00680. The molecule has 0 saturated heterocycles. The van der Waals surface area contributed by atoms with Gasteiger partial charge in [0.15, 0.2) is 0 Å². The summed E-state index contributed by atoms with van der Waals surface area (Å²) in [5.41, 5.74) is 0.806. The Morgan fingerprint density at radius 3 is 2.28 bits per heavy atom. The Morgan fingerprint density at radius 1 is 1.04 bits per heavy atom. The van der Waals surface area contributed by atoms with E-state index in [9.17, 15) is 19.2 Å². The number of carboxylic acids is 1. The molecular formula is C16H21N3O6. The second kappa shape index (κ2) is 9.91. The third-order valence-corrected chi connectivity index (χ3v) is 3.11. The van der Waals surface area contributed by atoms with E-state index in [4.69, 9.17) is 9.84 Å². The molecule has 3 amide bonds. The highest BCUT2D eigenvalue weighted by Crippen LogP contribution is 2.00. The molecule has 1 rings (SSSR count). The number of rotatable bonds is 8. The third-order valence-electron chi connectivity index (χ3n) is 3.11. The molecule has 25 heavy (non-hydrogen) atoms. The van der Waals surface area contributed by atoms with E-state index in [0.717, 1.165) is 5.56 Å². The van der Waals surface area contributed by atoms with E-state index in [1.54, 1.807) is 12.1 Å². The minimum Gasteiger partial charge on any atom is -0.480 e. The zero-order valence-corrected chi connectivity index (χ0v) is 13.9. The van der Waals surface area contributed by atoms with Gasteiger partial charge in [0.25, 0.3) is 0 Å². The molecule has 0 heterocycles. The van der Waals surface area contributed by atoms with Crippen molar-refractivity contribution in [1.29, 1.82) is 0 Å². The van der Waals surface area contributed by atoms with Crippen LogP contribution in [0.25, 0.3) is 0 Å². The van der Waals surface area contributed by atoms with Gasteiger partial charge in [-0.3, -0.25) is 14.4 Å². The van der Waals surface area contributed by atoms with Gasteiger partial charge in [-0.1, -0.05) is 30.3 Å². The fraction of sp³-hybridized carbons (Fsp3) is 0.375. The van der Waals surface area contributed by atoms with Crippen LogP contribution in [0.3, 0.4) is 0 Å². The zero-order valence-electron chi connectivity index (χ0n) is 13.9. The second-order valence-electron chi connectivity index (χ2n) is 5.27. The Bertz CT molecular complexity index is 620. The van der Waals surface area contributed by atoms with Crippen LogP contribution in [0.4, 0.5) is 4.79 Å². The number of ether oxygens (including phenoxy) is 1. The molecule has 9 nitrogen and oxygen atoms in total. The molecule has 0 aromatic heterocycles. The summed E-state index contributed by atoms with van der Waals surface area (Å²) in [7, 11) is 0. The van der Waals surface area contributed by atoms with Gasteiger partial charge >= 0.3 is 12.1 Å². The summed E-state index contributed by atoms with van der Waals surface area (Å²) in [6.45, 7) is 2.40. The van der Waals surface area contributed by atoms with Crippen molar-refractivity contribution in [3.05, 3.63) is 35.9 Å². The van der Waals surface area contributed by atoms with Crippen molar-refractivity contribution in [3.8, 4) is 0 Å². The Hall–Kier alpha value is -3.10. The molecule has 2 atom stereocenters. The van der Waals surface area contributed by atoms with Crippen molar-refractivity contribution >= 4 is 23.9 Å².